The Morgan fingerprint density at radius 1 is 1.11 bits per heavy atom. The van der Waals surface area contributed by atoms with Gasteiger partial charge >= 0.3 is 0 Å². The molecular weight excluding hydrogens is 342 g/mol. The first-order chi connectivity index (χ1) is 13.2. The van der Waals surface area contributed by atoms with Gasteiger partial charge in [-0.25, -0.2) is 4.98 Å². The summed E-state index contributed by atoms with van der Waals surface area (Å²) in [5.74, 6) is 1.43. The third kappa shape index (κ3) is 3.79. The van der Waals surface area contributed by atoms with E-state index in [1.54, 1.807) is 17.1 Å². The minimum atomic E-state index is -0.0383. The average molecular weight is 363 g/mol. The van der Waals surface area contributed by atoms with Gasteiger partial charge in [0.15, 0.2) is 11.5 Å². The molecule has 2 heterocycles. The number of carbonyl (C=O) groups is 1. The van der Waals surface area contributed by atoms with Crippen molar-refractivity contribution in [3.63, 3.8) is 0 Å². The normalized spacial score (nSPS) is 12.2. The maximum Gasteiger partial charge on any atom is 0.272 e. The summed E-state index contributed by atoms with van der Waals surface area (Å²) < 4.78 is 12.6. The van der Waals surface area contributed by atoms with E-state index < -0.39 is 0 Å². The summed E-state index contributed by atoms with van der Waals surface area (Å²) in [7, 11) is 1.83. The van der Waals surface area contributed by atoms with Gasteiger partial charge in [-0.15, -0.1) is 0 Å². The summed E-state index contributed by atoms with van der Waals surface area (Å²) in [6, 6.07) is 16.0. The third-order valence-corrected chi connectivity index (χ3v) is 4.65. The predicted octanol–water partition coefficient (Wildman–Crippen LogP) is 3.03. The minimum Gasteiger partial charge on any atom is -0.454 e. The van der Waals surface area contributed by atoms with Crippen LogP contribution >= 0.6 is 0 Å². The van der Waals surface area contributed by atoms with Crippen molar-refractivity contribution >= 4 is 5.91 Å². The van der Waals surface area contributed by atoms with Crippen LogP contribution in [0.4, 0.5) is 0 Å². The molecule has 2 aromatic carbocycles. The molecule has 6 nitrogen and oxygen atoms in total. The maximum absolute atomic E-state index is 13.1. The highest BCUT2D eigenvalue weighted by atomic mass is 16.7. The number of hydrogen-bond acceptors (Lipinski definition) is 4. The Morgan fingerprint density at radius 2 is 1.93 bits per heavy atom. The molecular formula is C21H21N3O3. The van der Waals surface area contributed by atoms with Crippen molar-refractivity contribution < 1.29 is 14.3 Å². The molecule has 0 unspecified atom stereocenters. The number of imidazole rings is 1. The molecule has 0 atom stereocenters. The molecule has 1 aliphatic rings. The molecule has 3 aromatic rings. The van der Waals surface area contributed by atoms with Crippen LogP contribution < -0.4 is 9.47 Å². The van der Waals surface area contributed by atoms with Gasteiger partial charge in [0.2, 0.25) is 6.79 Å². The molecule has 1 amide bonds. The SMILES string of the molecule is Cn1cncc1C(=O)N(CCc1ccccc1)Cc1ccc2c(c1)OCO2. The van der Waals surface area contributed by atoms with E-state index in [2.05, 4.69) is 17.1 Å². The maximum atomic E-state index is 13.1. The predicted molar refractivity (Wildman–Crippen MR) is 101 cm³/mol. The molecule has 0 bridgehead atoms. The van der Waals surface area contributed by atoms with Crippen LogP contribution in [0.1, 0.15) is 21.6 Å². The van der Waals surface area contributed by atoms with Crippen molar-refractivity contribution in [2.24, 2.45) is 7.05 Å². The summed E-state index contributed by atoms with van der Waals surface area (Å²) in [6.07, 6.45) is 4.04. The molecule has 1 aliphatic heterocycles. The van der Waals surface area contributed by atoms with Crippen LogP contribution in [0.5, 0.6) is 11.5 Å². The van der Waals surface area contributed by atoms with Gasteiger partial charge in [-0.1, -0.05) is 36.4 Å². The number of hydrogen-bond donors (Lipinski definition) is 0. The fourth-order valence-corrected chi connectivity index (χ4v) is 3.15. The summed E-state index contributed by atoms with van der Waals surface area (Å²) in [5, 5.41) is 0. The van der Waals surface area contributed by atoms with Crippen molar-refractivity contribution in [1.82, 2.24) is 14.5 Å². The summed E-state index contributed by atoms with van der Waals surface area (Å²) in [4.78, 5) is 19.0. The van der Waals surface area contributed by atoms with Crippen LogP contribution in [-0.4, -0.2) is 33.7 Å². The first kappa shape index (κ1) is 17.1. The lowest BCUT2D eigenvalue weighted by Crippen LogP contribution is -2.33. The van der Waals surface area contributed by atoms with Gasteiger partial charge in [0.05, 0.1) is 12.5 Å². The van der Waals surface area contributed by atoms with Gasteiger partial charge in [-0.2, -0.15) is 0 Å². The van der Waals surface area contributed by atoms with Crippen molar-refractivity contribution in [1.29, 1.82) is 0 Å². The van der Waals surface area contributed by atoms with Crippen molar-refractivity contribution in [3.05, 3.63) is 77.9 Å². The fraction of sp³-hybridized carbons (Fsp3) is 0.238. The van der Waals surface area contributed by atoms with Crippen molar-refractivity contribution in [3.8, 4) is 11.5 Å². The first-order valence-electron chi connectivity index (χ1n) is 8.89. The van der Waals surface area contributed by atoms with E-state index in [-0.39, 0.29) is 12.7 Å². The van der Waals surface area contributed by atoms with Gasteiger partial charge < -0.3 is 18.9 Å². The van der Waals surface area contributed by atoms with Gasteiger partial charge in [-0.3, -0.25) is 4.79 Å². The molecule has 0 radical (unpaired) electrons. The second-order valence-electron chi connectivity index (χ2n) is 6.54. The molecule has 0 spiro atoms. The quantitative estimate of drug-likeness (QED) is 0.675. The second-order valence-corrected chi connectivity index (χ2v) is 6.54. The van der Waals surface area contributed by atoms with Gasteiger partial charge in [0.1, 0.15) is 5.69 Å². The van der Waals surface area contributed by atoms with Crippen molar-refractivity contribution in [2.75, 3.05) is 13.3 Å². The van der Waals surface area contributed by atoms with E-state index in [1.807, 2.05) is 48.3 Å². The largest absolute Gasteiger partial charge is 0.454 e. The smallest absolute Gasteiger partial charge is 0.272 e. The minimum absolute atomic E-state index is 0.0383. The first-order valence-corrected chi connectivity index (χ1v) is 8.89. The zero-order valence-corrected chi connectivity index (χ0v) is 15.2. The Morgan fingerprint density at radius 3 is 2.70 bits per heavy atom. The Bertz CT molecular complexity index is 937. The Hall–Kier alpha value is -3.28. The highest BCUT2D eigenvalue weighted by Crippen LogP contribution is 2.32. The lowest BCUT2D eigenvalue weighted by atomic mass is 10.1. The average Bonchev–Trinajstić information content (AvgIpc) is 3.33. The number of nitrogens with zero attached hydrogens (tertiary/aromatic N) is 3. The van der Waals surface area contributed by atoms with Crippen LogP contribution in [0.3, 0.4) is 0 Å². The Balaban J connectivity index is 1.55. The van der Waals surface area contributed by atoms with Gasteiger partial charge in [-0.05, 0) is 29.7 Å². The fourth-order valence-electron chi connectivity index (χ4n) is 3.15. The highest BCUT2D eigenvalue weighted by molar-refractivity contribution is 5.92. The van der Waals surface area contributed by atoms with Crippen LogP contribution in [0.15, 0.2) is 61.1 Å². The summed E-state index contributed by atoms with van der Waals surface area (Å²) in [5.41, 5.74) is 2.78. The van der Waals surface area contributed by atoms with Crippen LogP contribution in [0, 0.1) is 0 Å². The zero-order chi connectivity index (χ0) is 18.6. The molecule has 1 aromatic heterocycles. The van der Waals surface area contributed by atoms with E-state index in [9.17, 15) is 4.79 Å². The van der Waals surface area contributed by atoms with Crippen LogP contribution in [0.25, 0.3) is 0 Å². The van der Waals surface area contributed by atoms with Crippen LogP contribution in [-0.2, 0) is 20.0 Å². The molecule has 6 heteroatoms. The molecule has 0 saturated carbocycles. The third-order valence-electron chi connectivity index (χ3n) is 4.65. The van der Waals surface area contributed by atoms with E-state index in [0.717, 1.165) is 23.5 Å². The lowest BCUT2D eigenvalue weighted by molar-refractivity contribution is 0.0735. The molecule has 138 valence electrons. The summed E-state index contributed by atoms with van der Waals surface area (Å²) >= 11 is 0. The molecule has 27 heavy (non-hydrogen) atoms. The van der Waals surface area contributed by atoms with E-state index in [1.165, 1.54) is 5.56 Å². The van der Waals surface area contributed by atoms with E-state index in [0.29, 0.717) is 18.8 Å². The van der Waals surface area contributed by atoms with E-state index >= 15 is 0 Å². The summed E-state index contributed by atoms with van der Waals surface area (Å²) in [6.45, 7) is 1.35. The van der Waals surface area contributed by atoms with Crippen LogP contribution in [0.2, 0.25) is 0 Å². The molecule has 0 N–H and O–H groups in total. The monoisotopic (exact) mass is 363 g/mol. The number of aryl methyl sites for hydroxylation is 1. The molecule has 4 rings (SSSR count). The van der Waals surface area contributed by atoms with Gasteiger partial charge in [0, 0.05) is 20.1 Å². The second kappa shape index (κ2) is 7.53. The van der Waals surface area contributed by atoms with E-state index in [4.69, 9.17) is 9.47 Å². The molecule has 0 aliphatic carbocycles. The molecule has 0 fully saturated rings. The standard InChI is InChI=1S/C21H21N3O3/c1-23-14-22-12-18(23)21(25)24(10-9-16-5-3-2-4-6-16)13-17-7-8-19-20(11-17)27-15-26-19/h2-8,11-12,14H,9-10,13,15H2,1H3. The number of carbonyl (C=O) groups excluding carboxylic acids is 1. The number of benzene rings is 2. The number of rotatable bonds is 6. The topological polar surface area (TPSA) is 56.6 Å². The number of fused-ring (bicyclic) bond motifs is 1. The van der Waals surface area contributed by atoms with Gasteiger partial charge in [0.25, 0.3) is 5.91 Å². The zero-order valence-electron chi connectivity index (χ0n) is 15.2. The Kier molecular flexibility index (Phi) is 4.78. The number of amides is 1. The lowest BCUT2D eigenvalue weighted by Gasteiger charge is -2.23. The molecule has 0 saturated heterocycles. The highest BCUT2D eigenvalue weighted by Gasteiger charge is 2.20. The van der Waals surface area contributed by atoms with Crippen molar-refractivity contribution in [2.45, 2.75) is 13.0 Å². The Labute approximate surface area is 158 Å². The number of aromatic nitrogens is 2. The number of ether oxygens (including phenoxy) is 2.